The van der Waals surface area contributed by atoms with Gasteiger partial charge in [-0.15, -0.1) is 0 Å². The smallest absolute Gasteiger partial charge is 0.0122 e. The second kappa shape index (κ2) is 3.42. The van der Waals surface area contributed by atoms with Gasteiger partial charge < -0.3 is 0 Å². The van der Waals surface area contributed by atoms with E-state index in [1.807, 2.05) is 0 Å². The van der Waals surface area contributed by atoms with Gasteiger partial charge in [0.1, 0.15) is 0 Å². The molecule has 0 N–H and O–H groups in total. The molecule has 0 amide bonds. The van der Waals surface area contributed by atoms with Crippen LogP contribution in [0.25, 0.3) is 0 Å². The second-order valence-electron chi connectivity index (χ2n) is 4.93. The molecular formula is C14H18. The van der Waals surface area contributed by atoms with E-state index < -0.39 is 0 Å². The van der Waals surface area contributed by atoms with Gasteiger partial charge >= 0.3 is 0 Å². The van der Waals surface area contributed by atoms with Gasteiger partial charge in [0.25, 0.3) is 0 Å². The molecule has 1 saturated carbocycles. The standard InChI is InChI=1S/C14H18/c1-2-6-12-10-14-8-4-3-7-13(14)9-11(12)5-1/h1-2,5,9,12,14H,3-4,6-8,10H2/t12-,14?/m0/s1. The van der Waals surface area contributed by atoms with Crippen molar-refractivity contribution in [2.24, 2.45) is 11.8 Å². The average molecular weight is 186 g/mol. The number of allylic oxidation sites excluding steroid dienone is 6. The first kappa shape index (κ1) is 8.52. The fourth-order valence-electron chi connectivity index (χ4n) is 3.22. The number of hydrogen-bond donors (Lipinski definition) is 0. The first-order valence-electron chi connectivity index (χ1n) is 6.00. The van der Waals surface area contributed by atoms with Gasteiger partial charge in [0.2, 0.25) is 0 Å². The number of rotatable bonds is 0. The quantitative estimate of drug-likeness (QED) is 0.536. The van der Waals surface area contributed by atoms with Crippen molar-refractivity contribution < 1.29 is 0 Å². The van der Waals surface area contributed by atoms with Crippen LogP contribution in [0.3, 0.4) is 0 Å². The molecule has 0 aliphatic heterocycles. The highest BCUT2D eigenvalue weighted by molar-refractivity contribution is 5.37. The molecule has 0 aromatic carbocycles. The van der Waals surface area contributed by atoms with E-state index in [0.717, 1.165) is 11.8 Å². The Bertz CT molecular complexity index is 317. The number of hydrogen-bond acceptors (Lipinski definition) is 0. The maximum atomic E-state index is 2.52. The topological polar surface area (TPSA) is 0 Å². The zero-order valence-corrected chi connectivity index (χ0v) is 8.71. The predicted octanol–water partition coefficient (Wildman–Crippen LogP) is 4.01. The lowest BCUT2D eigenvalue weighted by Gasteiger charge is -2.35. The summed E-state index contributed by atoms with van der Waals surface area (Å²) >= 11 is 0. The zero-order valence-electron chi connectivity index (χ0n) is 8.71. The SMILES string of the molecule is C1=CC[C@H]2CC3CCCCC3=CC2=C1. The van der Waals surface area contributed by atoms with Crippen molar-refractivity contribution in [1.82, 2.24) is 0 Å². The summed E-state index contributed by atoms with van der Waals surface area (Å²) in [6.45, 7) is 0. The van der Waals surface area contributed by atoms with Crippen LogP contribution >= 0.6 is 0 Å². The van der Waals surface area contributed by atoms with E-state index in [1.165, 1.54) is 38.5 Å². The Balaban J connectivity index is 1.92. The summed E-state index contributed by atoms with van der Waals surface area (Å²) in [7, 11) is 0. The van der Waals surface area contributed by atoms with E-state index in [-0.39, 0.29) is 0 Å². The first-order chi connectivity index (χ1) is 6.93. The van der Waals surface area contributed by atoms with E-state index >= 15 is 0 Å². The minimum absolute atomic E-state index is 0.854. The van der Waals surface area contributed by atoms with E-state index in [0.29, 0.717) is 0 Å². The van der Waals surface area contributed by atoms with Gasteiger partial charge in [-0.05, 0) is 49.5 Å². The molecule has 74 valence electrons. The lowest BCUT2D eigenvalue weighted by Crippen LogP contribution is -2.21. The van der Waals surface area contributed by atoms with Crippen LogP contribution in [0.2, 0.25) is 0 Å². The normalized spacial score (nSPS) is 35.4. The molecule has 0 saturated heterocycles. The minimum Gasteiger partial charge on any atom is -0.0839 e. The third kappa shape index (κ3) is 1.37. The highest BCUT2D eigenvalue weighted by Gasteiger charge is 2.28. The lowest BCUT2D eigenvalue weighted by atomic mass is 9.70. The maximum absolute atomic E-state index is 2.52. The van der Waals surface area contributed by atoms with Crippen LogP contribution in [-0.2, 0) is 0 Å². The highest BCUT2D eigenvalue weighted by atomic mass is 14.3. The van der Waals surface area contributed by atoms with E-state index in [1.54, 1.807) is 11.1 Å². The van der Waals surface area contributed by atoms with Crippen LogP contribution in [-0.4, -0.2) is 0 Å². The second-order valence-corrected chi connectivity index (χ2v) is 4.93. The largest absolute Gasteiger partial charge is 0.0839 e. The molecule has 1 unspecified atom stereocenters. The van der Waals surface area contributed by atoms with Crippen molar-refractivity contribution in [3.8, 4) is 0 Å². The Morgan fingerprint density at radius 3 is 3.14 bits per heavy atom. The van der Waals surface area contributed by atoms with Crippen molar-refractivity contribution in [3.63, 3.8) is 0 Å². The van der Waals surface area contributed by atoms with Crippen molar-refractivity contribution in [1.29, 1.82) is 0 Å². The van der Waals surface area contributed by atoms with Crippen LogP contribution in [0.1, 0.15) is 38.5 Å². The summed E-state index contributed by atoms with van der Waals surface area (Å²) in [5.41, 5.74) is 3.37. The molecule has 0 spiro atoms. The van der Waals surface area contributed by atoms with Gasteiger partial charge in [-0.2, -0.15) is 0 Å². The van der Waals surface area contributed by atoms with Crippen LogP contribution in [0.15, 0.2) is 35.5 Å². The van der Waals surface area contributed by atoms with Crippen molar-refractivity contribution in [2.75, 3.05) is 0 Å². The highest BCUT2D eigenvalue weighted by Crippen LogP contribution is 2.42. The molecule has 14 heavy (non-hydrogen) atoms. The van der Waals surface area contributed by atoms with E-state index in [4.69, 9.17) is 0 Å². The summed E-state index contributed by atoms with van der Waals surface area (Å²) in [4.78, 5) is 0. The minimum atomic E-state index is 0.854. The number of fused-ring (bicyclic) bond motifs is 2. The molecule has 0 aromatic rings. The summed E-state index contributed by atoms with van der Waals surface area (Å²) < 4.78 is 0. The third-order valence-electron chi connectivity index (χ3n) is 4.03. The van der Waals surface area contributed by atoms with Gasteiger partial charge in [0.05, 0.1) is 0 Å². The van der Waals surface area contributed by atoms with Crippen LogP contribution < -0.4 is 0 Å². The van der Waals surface area contributed by atoms with Crippen LogP contribution in [0.4, 0.5) is 0 Å². The molecule has 0 bridgehead atoms. The van der Waals surface area contributed by atoms with Gasteiger partial charge in [-0.1, -0.05) is 36.3 Å². The van der Waals surface area contributed by atoms with Gasteiger partial charge in [0, 0.05) is 0 Å². The maximum Gasteiger partial charge on any atom is -0.0122 e. The Morgan fingerprint density at radius 2 is 2.14 bits per heavy atom. The molecule has 3 rings (SSSR count). The van der Waals surface area contributed by atoms with E-state index in [2.05, 4.69) is 24.3 Å². The molecule has 0 aromatic heterocycles. The molecule has 3 aliphatic carbocycles. The van der Waals surface area contributed by atoms with Crippen molar-refractivity contribution in [2.45, 2.75) is 38.5 Å². The summed E-state index contributed by atoms with van der Waals surface area (Å²) in [6.07, 6.45) is 17.8. The molecule has 1 fully saturated rings. The fraction of sp³-hybridized carbons (Fsp3) is 0.571. The first-order valence-corrected chi connectivity index (χ1v) is 6.00. The lowest BCUT2D eigenvalue weighted by molar-refractivity contribution is 0.363. The summed E-state index contributed by atoms with van der Waals surface area (Å²) in [5.74, 6) is 1.80. The van der Waals surface area contributed by atoms with Crippen molar-refractivity contribution >= 4 is 0 Å². The predicted molar refractivity (Wildman–Crippen MR) is 60.0 cm³/mol. The van der Waals surface area contributed by atoms with Gasteiger partial charge in [-0.3, -0.25) is 0 Å². The average Bonchev–Trinajstić information content (AvgIpc) is 2.26. The molecule has 3 aliphatic rings. The Labute approximate surface area is 86.4 Å². The Kier molecular flexibility index (Phi) is 2.08. The molecule has 2 atom stereocenters. The van der Waals surface area contributed by atoms with Crippen molar-refractivity contribution in [3.05, 3.63) is 35.5 Å². The Morgan fingerprint density at radius 1 is 1.14 bits per heavy atom. The molecule has 0 nitrogen and oxygen atoms in total. The van der Waals surface area contributed by atoms with Crippen LogP contribution in [0.5, 0.6) is 0 Å². The third-order valence-corrected chi connectivity index (χ3v) is 4.03. The van der Waals surface area contributed by atoms with E-state index in [9.17, 15) is 0 Å². The van der Waals surface area contributed by atoms with Gasteiger partial charge in [-0.25, -0.2) is 0 Å². The molecule has 0 heteroatoms. The zero-order chi connectivity index (χ0) is 9.38. The molecule has 0 heterocycles. The monoisotopic (exact) mass is 186 g/mol. The molecular weight excluding hydrogens is 168 g/mol. The molecule has 0 radical (unpaired) electrons. The van der Waals surface area contributed by atoms with Gasteiger partial charge in [0.15, 0.2) is 0 Å². The summed E-state index contributed by atoms with van der Waals surface area (Å²) in [6, 6.07) is 0. The Hall–Kier alpha value is -0.780. The fourth-order valence-corrected chi connectivity index (χ4v) is 3.22. The van der Waals surface area contributed by atoms with Crippen LogP contribution in [0, 0.1) is 11.8 Å². The summed E-state index contributed by atoms with van der Waals surface area (Å²) in [5, 5.41) is 0.